The molecule has 116 valence electrons. The summed E-state index contributed by atoms with van der Waals surface area (Å²) in [7, 11) is 0. The fraction of sp³-hybridized carbons (Fsp3) is 0.0588. The lowest BCUT2D eigenvalue weighted by molar-refractivity contribution is 0.0684. The van der Waals surface area contributed by atoms with Crippen LogP contribution in [0.3, 0.4) is 0 Å². The minimum atomic E-state index is -1.04. The molecule has 0 spiro atoms. The molecule has 0 aliphatic rings. The molecule has 4 nitrogen and oxygen atoms in total. The first kappa shape index (κ1) is 15.6. The van der Waals surface area contributed by atoms with Crippen LogP contribution < -0.4 is 0 Å². The minimum Gasteiger partial charge on any atom is -0.477 e. The molecule has 0 fully saturated rings. The Balaban J connectivity index is 2.01. The molecule has 0 saturated heterocycles. The second-order valence-electron chi connectivity index (χ2n) is 4.98. The largest absolute Gasteiger partial charge is 0.477 e. The molecule has 0 unspecified atom stereocenters. The van der Waals surface area contributed by atoms with E-state index in [4.69, 9.17) is 23.2 Å². The number of nitrogens with zero attached hydrogens (tertiary/aromatic N) is 2. The van der Waals surface area contributed by atoms with Crippen LogP contribution in [0.1, 0.15) is 16.1 Å². The average molecular weight is 347 g/mol. The number of carbonyl (C=O) groups is 1. The molecule has 3 rings (SSSR count). The van der Waals surface area contributed by atoms with E-state index in [-0.39, 0.29) is 12.2 Å². The SMILES string of the molecule is O=C(O)c1cc(-c2ccccc2)nn1Cc1ccc(Cl)cc1Cl. The molecule has 0 saturated carbocycles. The van der Waals surface area contributed by atoms with Crippen molar-refractivity contribution in [2.24, 2.45) is 0 Å². The maximum absolute atomic E-state index is 11.5. The molecular formula is C17H12Cl2N2O2. The molecule has 0 radical (unpaired) electrons. The van der Waals surface area contributed by atoms with Crippen LogP contribution in [0.2, 0.25) is 10.0 Å². The summed E-state index contributed by atoms with van der Waals surface area (Å²) in [5.74, 6) is -1.04. The van der Waals surface area contributed by atoms with Gasteiger partial charge in [-0.1, -0.05) is 59.6 Å². The van der Waals surface area contributed by atoms with Gasteiger partial charge in [0.15, 0.2) is 0 Å². The van der Waals surface area contributed by atoms with Gasteiger partial charge in [-0.15, -0.1) is 0 Å². The summed E-state index contributed by atoms with van der Waals surface area (Å²) in [4.78, 5) is 11.5. The van der Waals surface area contributed by atoms with Gasteiger partial charge in [0.25, 0.3) is 0 Å². The third-order valence-electron chi connectivity index (χ3n) is 3.40. The van der Waals surface area contributed by atoms with Crippen molar-refractivity contribution in [2.75, 3.05) is 0 Å². The van der Waals surface area contributed by atoms with Crippen molar-refractivity contribution in [3.8, 4) is 11.3 Å². The number of carboxylic acid groups (broad SMARTS) is 1. The van der Waals surface area contributed by atoms with E-state index in [0.717, 1.165) is 11.1 Å². The number of aromatic carboxylic acids is 1. The molecule has 1 heterocycles. The lowest BCUT2D eigenvalue weighted by Gasteiger charge is -2.07. The zero-order valence-electron chi connectivity index (χ0n) is 11.9. The van der Waals surface area contributed by atoms with Crippen LogP contribution in [0.5, 0.6) is 0 Å². The number of aromatic nitrogens is 2. The maximum atomic E-state index is 11.5. The van der Waals surface area contributed by atoms with E-state index in [1.165, 1.54) is 4.68 Å². The predicted octanol–water partition coefficient (Wildman–Crippen LogP) is 4.60. The Morgan fingerprint density at radius 2 is 1.83 bits per heavy atom. The van der Waals surface area contributed by atoms with Crippen molar-refractivity contribution in [1.82, 2.24) is 9.78 Å². The van der Waals surface area contributed by atoms with Crippen LogP contribution in [-0.2, 0) is 6.54 Å². The van der Waals surface area contributed by atoms with Gasteiger partial charge in [0.1, 0.15) is 5.69 Å². The molecule has 1 N–H and O–H groups in total. The highest BCUT2D eigenvalue weighted by molar-refractivity contribution is 6.35. The van der Waals surface area contributed by atoms with Gasteiger partial charge in [0.2, 0.25) is 0 Å². The molecule has 0 atom stereocenters. The number of carboxylic acids is 1. The zero-order chi connectivity index (χ0) is 16.4. The number of hydrogen-bond donors (Lipinski definition) is 1. The van der Waals surface area contributed by atoms with Crippen LogP contribution in [0.25, 0.3) is 11.3 Å². The molecule has 2 aromatic carbocycles. The monoisotopic (exact) mass is 346 g/mol. The quantitative estimate of drug-likeness (QED) is 0.750. The minimum absolute atomic E-state index is 0.106. The van der Waals surface area contributed by atoms with Crippen molar-refractivity contribution in [3.05, 3.63) is 75.9 Å². The summed E-state index contributed by atoms with van der Waals surface area (Å²) in [6.45, 7) is 0.254. The Hall–Kier alpha value is -2.30. The summed E-state index contributed by atoms with van der Waals surface area (Å²) < 4.78 is 1.43. The van der Waals surface area contributed by atoms with Gasteiger partial charge in [-0.05, 0) is 23.8 Å². The Labute approximate surface area is 142 Å². The highest BCUT2D eigenvalue weighted by atomic mass is 35.5. The highest BCUT2D eigenvalue weighted by Crippen LogP contribution is 2.24. The van der Waals surface area contributed by atoms with Gasteiger partial charge in [0.05, 0.1) is 12.2 Å². The van der Waals surface area contributed by atoms with Crippen LogP contribution in [0, 0.1) is 0 Å². The van der Waals surface area contributed by atoms with E-state index in [1.807, 2.05) is 30.3 Å². The first-order valence-electron chi connectivity index (χ1n) is 6.85. The van der Waals surface area contributed by atoms with Gasteiger partial charge in [-0.25, -0.2) is 4.79 Å². The summed E-state index contributed by atoms with van der Waals surface area (Å²) >= 11 is 12.0. The van der Waals surface area contributed by atoms with Crippen molar-refractivity contribution in [2.45, 2.75) is 6.54 Å². The topological polar surface area (TPSA) is 55.1 Å². The molecule has 0 aliphatic carbocycles. The fourth-order valence-electron chi connectivity index (χ4n) is 2.27. The Kier molecular flexibility index (Phi) is 4.37. The molecule has 3 aromatic rings. The Bertz CT molecular complexity index is 860. The first-order valence-corrected chi connectivity index (χ1v) is 7.60. The van der Waals surface area contributed by atoms with Crippen molar-refractivity contribution in [1.29, 1.82) is 0 Å². The van der Waals surface area contributed by atoms with Gasteiger partial charge in [0, 0.05) is 15.6 Å². The third kappa shape index (κ3) is 3.38. The molecule has 0 aliphatic heterocycles. The normalized spacial score (nSPS) is 10.7. The van der Waals surface area contributed by atoms with Crippen molar-refractivity contribution >= 4 is 29.2 Å². The van der Waals surface area contributed by atoms with Crippen LogP contribution in [0.4, 0.5) is 0 Å². The Morgan fingerprint density at radius 3 is 2.48 bits per heavy atom. The van der Waals surface area contributed by atoms with Gasteiger partial charge in [-0.2, -0.15) is 5.10 Å². The third-order valence-corrected chi connectivity index (χ3v) is 3.99. The first-order chi connectivity index (χ1) is 11.0. The lowest BCUT2D eigenvalue weighted by atomic mass is 10.1. The van der Waals surface area contributed by atoms with Gasteiger partial charge >= 0.3 is 5.97 Å². The van der Waals surface area contributed by atoms with E-state index < -0.39 is 5.97 Å². The molecule has 23 heavy (non-hydrogen) atoms. The number of benzene rings is 2. The summed E-state index contributed by atoms with van der Waals surface area (Å²) in [5.41, 5.74) is 2.32. The average Bonchev–Trinajstić information content (AvgIpc) is 2.95. The lowest BCUT2D eigenvalue weighted by Crippen LogP contribution is -2.11. The van der Waals surface area contributed by atoms with Gasteiger partial charge < -0.3 is 5.11 Å². The van der Waals surface area contributed by atoms with E-state index in [2.05, 4.69) is 5.10 Å². The van der Waals surface area contributed by atoms with E-state index in [0.29, 0.717) is 15.7 Å². The van der Waals surface area contributed by atoms with Crippen LogP contribution in [0.15, 0.2) is 54.6 Å². The number of hydrogen-bond acceptors (Lipinski definition) is 2. The van der Waals surface area contributed by atoms with Crippen LogP contribution >= 0.6 is 23.2 Å². The Morgan fingerprint density at radius 1 is 1.09 bits per heavy atom. The van der Waals surface area contributed by atoms with E-state index in [1.54, 1.807) is 24.3 Å². The molecular weight excluding hydrogens is 335 g/mol. The zero-order valence-corrected chi connectivity index (χ0v) is 13.4. The smallest absolute Gasteiger partial charge is 0.354 e. The summed E-state index contributed by atoms with van der Waals surface area (Å²) in [5, 5.41) is 14.8. The second kappa shape index (κ2) is 6.44. The second-order valence-corrected chi connectivity index (χ2v) is 5.82. The van der Waals surface area contributed by atoms with Gasteiger partial charge in [-0.3, -0.25) is 4.68 Å². The predicted molar refractivity (Wildman–Crippen MR) is 90.2 cm³/mol. The van der Waals surface area contributed by atoms with Crippen LogP contribution in [-0.4, -0.2) is 20.9 Å². The molecule has 6 heteroatoms. The fourth-order valence-corrected chi connectivity index (χ4v) is 2.74. The summed E-state index contributed by atoms with van der Waals surface area (Å²) in [6, 6.07) is 16.1. The number of halogens is 2. The van der Waals surface area contributed by atoms with E-state index in [9.17, 15) is 9.90 Å². The maximum Gasteiger partial charge on any atom is 0.354 e. The molecule has 0 bridgehead atoms. The summed E-state index contributed by atoms with van der Waals surface area (Å²) in [6.07, 6.45) is 0. The molecule has 1 aromatic heterocycles. The van der Waals surface area contributed by atoms with E-state index >= 15 is 0 Å². The van der Waals surface area contributed by atoms with Crippen molar-refractivity contribution in [3.63, 3.8) is 0 Å². The molecule has 0 amide bonds. The van der Waals surface area contributed by atoms with Crippen molar-refractivity contribution < 1.29 is 9.90 Å². The standard InChI is InChI=1S/C17H12Cl2N2O2/c18-13-7-6-12(14(19)8-13)10-21-16(17(22)23)9-15(20-21)11-4-2-1-3-5-11/h1-9H,10H2,(H,22,23). The number of rotatable bonds is 4. The highest BCUT2D eigenvalue weighted by Gasteiger charge is 2.16.